The van der Waals surface area contributed by atoms with Crippen molar-refractivity contribution >= 4 is 0 Å². The molecule has 0 fully saturated rings. The third-order valence-electron chi connectivity index (χ3n) is 2.98. The Labute approximate surface area is 96.8 Å². The zero-order valence-corrected chi connectivity index (χ0v) is 10.4. The lowest BCUT2D eigenvalue weighted by Crippen LogP contribution is -2.30. The molecule has 0 bridgehead atoms. The van der Waals surface area contributed by atoms with Gasteiger partial charge in [0, 0.05) is 6.04 Å². The molecule has 2 atom stereocenters. The van der Waals surface area contributed by atoms with Crippen LogP contribution in [0.4, 0.5) is 4.39 Å². The highest BCUT2D eigenvalue weighted by atomic mass is 19.1. The van der Waals surface area contributed by atoms with Crippen LogP contribution < -0.4 is 10.1 Å². The minimum atomic E-state index is -0.296. The number of hydrogen-bond acceptors (Lipinski definition) is 2. The molecule has 0 heterocycles. The first-order valence-corrected chi connectivity index (χ1v) is 5.67. The van der Waals surface area contributed by atoms with Gasteiger partial charge in [-0.3, -0.25) is 0 Å². The van der Waals surface area contributed by atoms with Crippen LogP contribution in [0.15, 0.2) is 18.2 Å². The smallest absolute Gasteiger partial charge is 0.165 e. The first kappa shape index (κ1) is 13.0. The number of methoxy groups -OCH3 is 1. The summed E-state index contributed by atoms with van der Waals surface area (Å²) in [6.07, 6.45) is 0. The number of likely N-dealkylation sites (N-methyl/N-ethyl adjacent to an activating group) is 1. The van der Waals surface area contributed by atoms with E-state index in [9.17, 15) is 4.39 Å². The highest BCUT2D eigenvalue weighted by Crippen LogP contribution is 2.24. The largest absolute Gasteiger partial charge is 0.494 e. The zero-order valence-electron chi connectivity index (χ0n) is 10.4. The second-order valence-corrected chi connectivity index (χ2v) is 4.03. The SMILES string of the molecule is CCNC(C)C(C)c1ccc(OC)c(F)c1. The predicted molar refractivity (Wildman–Crippen MR) is 64.5 cm³/mol. The Morgan fingerprint density at radius 3 is 2.56 bits per heavy atom. The van der Waals surface area contributed by atoms with Crippen molar-refractivity contribution in [1.29, 1.82) is 0 Å². The Kier molecular flexibility index (Phi) is 4.74. The van der Waals surface area contributed by atoms with Crippen molar-refractivity contribution in [2.75, 3.05) is 13.7 Å². The fourth-order valence-corrected chi connectivity index (χ4v) is 1.75. The predicted octanol–water partition coefficient (Wildman–Crippen LogP) is 2.94. The number of halogens is 1. The highest BCUT2D eigenvalue weighted by molar-refractivity contribution is 5.31. The number of benzene rings is 1. The summed E-state index contributed by atoms with van der Waals surface area (Å²) in [5.74, 6) is 0.281. The first-order valence-electron chi connectivity index (χ1n) is 5.67. The van der Waals surface area contributed by atoms with E-state index >= 15 is 0 Å². The molecular formula is C13H20FNO. The van der Waals surface area contributed by atoms with Crippen LogP contribution in [0.2, 0.25) is 0 Å². The molecule has 0 aliphatic rings. The van der Waals surface area contributed by atoms with E-state index in [2.05, 4.69) is 26.1 Å². The third-order valence-corrected chi connectivity index (χ3v) is 2.98. The van der Waals surface area contributed by atoms with Gasteiger partial charge >= 0.3 is 0 Å². The molecular weight excluding hydrogens is 205 g/mol. The van der Waals surface area contributed by atoms with E-state index in [4.69, 9.17) is 4.74 Å². The van der Waals surface area contributed by atoms with Gasteiger partial charge < -0.3 is 10.1 Å². The molecule has 3 heteroatoms. The topological polar surface area (TPSA) is 21.3 Å². The quantitative estimate of drug-likeness (QED) is 0.832. The van der Waals surface area contributed by atoms with Crippen LogP contribution in [-0.4, -0.2) is 19.7 Å². The summed E-state index contributed by atoms with van der Waals surface area (Å²) in [6.45, 7) is 7.19. The van der Waals surface area contributed by atoms with Crippen LogP contribution >= 0.6 is 0 Å². The number of nitrogens with one attached hydrogen (secondary N) is 1. The monoisotopic (exact) mass is 225 g/mol. The van der Waals surface area contributed by atoms with Gasteiger partial charge in [-0.2, -0.15) is 0 Å². The van der Waals surface area contributed by atoms with E-state index < -0.39 is 0 Å². The van der Waals surface area contributed by atoms with Gasteiger partial charge in [0.15, 0.2) is 11.6 Å². The average Bonchev–Trinajstić information content (AvgIpc) is 2.28. The lowest BCUT2D eigenvalue weighted by atomic mass is 9.94. The molecule has 2 unspecified atom stereocenters. The molecule has 0 radical (unpaired) electrons. The molecule has 1 aromatic carbocycles. The second-order valence-electron chi connectivity index (χ2n) is 4.03. The Balaban J connectivity index is 2.84. The Morgan fingerprint density at radius 1 is 1.38 bits per heavy atom. The number of ether oxygens (including phenoxy) is 1. The minimum Gasteiger partial charge on any atom is -0.494 e. The van der Waals surface area contributed by atoms with E-state index in [0.717, 1.165) is 12.1 Å². The number of rotatable bonds is 5. The molecule has 0 aromatic heterocycles. The first-order chi connectivity index (χ1) is 7.60. The summed E-state index contributed by atoms with van der Waals surface area (Å²) >= 11 is 0. The van der Waals surface area contributed by atoms with E-state index in [1.54, 1.807) is 12.1 Å². The molecule has 0 saturated heterocycles. The maximum absolute atomic E-state index is 13.5. The van der Waals surface area contributed by atoms with Crippen LogP contribution in [-0.2, 0) is 0 Å². The Bertz CT molecular complexity index is 341. The molecule has 2 nitrogen and oxygen atoms in total. The Morgan fingerprint density at radius 2 is 2.06 bits per heavy atom. The van der Waals surface area contributed by atoms with Crippen molar-refractivity contribution in [2.24, 2.45) is 0 Å². The van der Waals surface area contributed by atoms with Crippen LogP contribution in [0, 0.1) is 5.82 Å². The van der Waals surface area contributed by atoms with Gasteiger partial charge in [-0.1, -0.05) is 19.9 Å². The fourth-order valence-electron chi connectivity index (χ4n) is 1.75. The molecule has 0 aliphatic carbocycles. The van der Waals surface area contributed by atoms with Gasteiger partial charge in [-0.25, -0.2) is 4.39 Å². The molecule has 1 N–H and O–H groups in total. The standard InChI is InChI=1S/C13H20FNO/c1-5-15-10(3)9(2)11-6-7-13(16-4)12(14)8-11/h6-10,15H,5H2,1-4H3. The van der Waals surface area contributed by atoms with Crippen molar-refractivity contribution in [3.8, 4) is 5.75 Å². The molecule has 1 rings (SSSR count). The van der Waals surface area contributed by atoms with Gasteiger partial charge in [0.2, 0.25) is 0 Å². The van der Waals surface area contributed by atoms with Crippen molar-refractivity contribution in [2.45, 2.75) is 32.7 Å². The second kappa shape index (κ2) is 5.85. The van der Waals surface area contributed by atoms with Gasteiger partial charge in [-0.15, -0.1) is 0 Å². The van der Waals surface area contributed by atoms with Crippen LogP contribution in [0.5, 0.6) is 5.75 Å². The van der Waals surface area contributed by atoms with Gasteiger partial charge in [-0.05, 0) is 37.1 Å². The molecule has 1 aromatic rings. The van der Waals surface area contributed by atoms with Crippen LogP contribution in [0.3, 0.4) is 0 Å². The van der Waals surface area contributed by atoms with Gasteiger partial charge in [0.05, 0.1) is 7.11 Å². The summed E-state index contributed by atoms with van der Waals surface area (Å²) in [5.41, 5.74) is 0.992. The van der Waals surface area contributed by atoms with Crippen LogP contribution in [0.1, 0.15) is 32.3 Å². The normalized spacial score (nSPS) is 14.6. The summed E-state index contributed by atoms with van der Waals surface area (Å²) in [4.78, 5) is 0. The maximum atomic E-state index is 13.5. The Hall–Kier alpha value is -1.09. The molecule has 0 spiro atoms. The molecule has 16 heavy (non-hydrogen) atoms. The summed E-state index contributed by atoms with van der Waals surface area (Å²) < 4.78 is 18.4. The van der Waals surface area contributed by atoms with E-state index in [1.807, 2.05) is 6.07 Å². The highest BCUT2D eigenvalue weighted by Gasteiger charge is 2.15. The summed E-state index contributed by atoms with van der Waals surface area (Å²) in [5, 5.41) is 3.34. The lowest BCUT2D eigenvalue weighted by molar-refractivity contribution is 0.385. The lowest BCUT2D eigenvalue weighted by Gasteiger charge is -2.21. The van der Waals surface area contributed by atoms with Crippen molar-refractivity contribution in [3.05, 3.63) is 29.6 Å². The van der Waals surface area contributed by atoms with Crippen molar-refractivity contribution in [3.63, 3.8) is 0 Å². The summed E-state index contributed by atoms with van der Waals surface area (Å²) in [6, 6.07) is 5.48. The minimum absolute atomic E-state index is 0.278. The third kappa shape index (κ3) is 2.95. The van der Waals surface area contributed by atoms with Crippen molar-refractivity contribution in [1.82, 2.24) is 5.32 Å². The molecule has 0 saturated carbocycles. The van der Waals surface area contributed by atoms with Gasteiger partial charge in [0.1, 0.15) is 0 Å². The molecule has 0 aliphatic heterocycles. The molecule has 90 valence electrons. The van der Waals surface area contributed by atoms with E-state index in [0.29, 0.717) is 11.8 Å². The molecule has 0 amide bonds. The number of hydrogen-bond donors (Lipinski definition) is 1. The van der Waals surface area contributed by atoms with E-state index in [-0.39, 0.29) is 11.7 Å². The maximum Gasteiger partial charge on any atom is 0.165 e. The van der Waals surface area contributed by atoms with Crippen molar-refractivity contribution < 1.29 is 9.13 Å². The summed E-state index contributed by atoms with van der Waals surface area (Å²) in [7, 11) is 1.47. The fraction of sp³-hybridized carbons (Fsp3) is 0.538. The van der Waals surface area contributed by atoms with Crippen LogP contribution in [0.25, 0.3) is 0 Å². The van der Waals surface area contributed by atoms with Gasteiger partial charge in [0.25, 0.3) is 0 Å². The average molecular weight is 225 g/mol. The zero-order chi connectivity index (χ0) is 12.1. The van der Waals surface area contributed by atoms with E-state index in [1.165, 1.54) is 7.11 Å².